The molecular formula is C19H27F3O4. The summed E-state index contributed by atoms with van der Waals surface area (Å²) < 4.78 is 49.7. The van der Waals surface area contributed by atoms with Crippen molar-refractivity contribution in [3.8, 4) is 0 Å². The molecule has 0 saturated heterocycles. The Balaban J connectivity index is 1.59. The quantitative estimate of drug-likeness (QED) is 0.673. The van der Waals surface area contributed by atoms with Crippen LogP contribution >= 0.6 is 0 Å². The monoisotopic (exact) mass is 376 g/mol. The van der Waals surface area contributed by atoms with Crippen molar-refractivity contribution in [2.24, 2.45) is 29.1 Å². The number of hydrogen-bond donors (Lipinski definition) is 0. The van der Waals surface area contributed by atoms with Crippen LogP contribution < -0.4 is 0 Å². The lowest BCUT2D eigenvalue weighted by atomic mass is 9.50. The molecule has 4 saturated carbocycles. The van der Waals surface area contributed by atoms with Gasteiger partial charge in [-0.05, 0) is 76.0 Å². The minimum atomic E-state index is -4.73. The highest BCUT2D eigenvalue weighted by atomic mass is 19.4. The lowest BCUT2D eigenvalue weighted by Gasteiger charge is -2.59. The summed E-state index contributed by atoms with van der Waals surface area (Å²) in [6.07, 6.45) is 0.251. The van der Waals surface area contributed by atoms with Gasteiger partial charge in [-0.3, -0.25) is 4.79 Å². The fourth-order valence-electron chi connectivity index (χ4n) is 5.31. The highest BCUT2D eigenvalue weighted by Gasteiger charge is 2.58. The van der Waals surface area contributed by atoms with Crippen LogP contribution in [0.3, 0.4) is 0 Å². The van der Waals surface area contributed by atoms with E-state index >= 15 is 0 Å². The molecule has 0 aromatic heterocycles. The van der Waals surface area contributed by atoms with Crippen LogP contribution in [0.4, 0.5) is 13.2 Å². The first-order chi connectivity index (χ1) is 12.0. The molecule has 7 heteroatoms. The van der Waals surface area contributed by atoms with Crippen LogP contribution in [0.5, 0.6) is 0 Å². The fraction of sp³-hybridized carbons (Fsp3) is 0.895. The van der Waals surface area contributed by atoms with Crippen LogP contribution in [0.15, 0.2) is 0 Å². The van der Waals surface area contributed by atoms with Gasteiger partial charge in [0.2, 0.25) is 0 Å². The average molecular weight is 376 g/mol. The average Bonchev–Trinajstić information content (AvgIpc) is 2.55. The maximum atomic E-state index is 13.1. The third-order valence-electron chi connectivity index (χ3n) is 7.20. The van der Waals surface area contributed by atoms with E-state index in [9.17, 15) is 22.8 Å². The lowest BCUT2D eigenvalue weighted by Crippen LogP contribution is -2.58. The Bertz CT molecular complexity index is 558. The minimum Gasteiger partial charge on any atom is -0.456 e. The summed E-state index contributed by atoms with van der Waals surface area (Å²) in [5.41, 5.74) is -3.20. The minimum absolute atomic E-state index is 0.300. The van der Waals surface area contributed by atoms with Gasteiger partial charge in [-0.1, -0.05) is 6.92 Å². The Morgan fingerprint density at radius 2 is 1.54 bits per heavy atom. The van der Waals surface area contributed by atoms with E-state index in [2.05, 4.69) is 0 Å². The first-order valence-electron chi connectivity index (χ1n) is 9.45. The first-order valence-corrected chi connectivity index (χ1v) is 9.45. The Labute approximate surface area is 151 Å². The van der Waals surface area contributed by atoms with Gasteiger partial charge < -0.3 is 9.47 Å². The predicted molar refractivity (Wildman–Crippen MR) is 87.0 cm³/mol. The molecule has 0 N–H and O–H groups in total. The summed E-state index contributed by atoms with van der Waals surface area (Å²) in [6.45, 7) is 3.22. The smallest absolute Gasteiger partial charge is 0.404 e. The van der Waals surface area contributed by atoms with E-state index in [4.69, 9.17) is 9.47 Å². The van der Waals surface area contributed by atoms with Gasteiger partial charge in [0.05, 0.1) is 0 Å². The molecule has 0 heterocycles. The maximum absolute atomic E-state index is 13.1. The molecule has 26 heavy (non-hydrogen) atoms. The molecule has 4 bridgehead atoms. The van der Waals surface area contributed by atoms with Gasteiger partial charge in [0, 0.05) is 0 Å². The van der Waals surface area contributed by atoms with Crippen LogP contribution in [-0.2, 0) is 19.1 Å². The highest BCUT2D eigenvalue weighted by Crippen LogP contribution is 2.59. The van der Waals surface area contributed by atoms with E-state index in [0.717, 1.165) is 32.6 Å². The number of hydrogen-bond acceptors (Lipinski definition) is 4. The summed E-state index contributed by atoms with van der Waals surface area (Å²) in [7, 11) is 0. The molecule has 4 aliphatic carbocycles. The van der Waals surface area contributed by atoms with Crippen molar-refractivity contribution in [3.05, 3.63) is 0 Å². The second kappa shape index (κ2) is 6.41. The third-order valence-corrected chi connectivity index (χ3v) is 7.20. The van der Waals surface area contributed by atoms with E-state index < -0.39 is 42.2 Å². The second-order valence-corrected chi connectivity index (χ2v) is 8.72. The molecule has 0 spiro atoms. The van der Waals surface area contributed by atoms with Gasteiger partial charge in [-0.15, -0.1) is 0 Å². The topological polar surface area (TPSA) is 52.6 Å². The van der Waals surface area contributed by atoms with Crippen LogP contribution in [0, 0.1) is 29.1 Å². The van der Waals surface area contributed by atoms with Crippen molar-refractivity contribution in [2.45, 2.75) is 71.1 Å². The maximum Gasteiger partial charge on any atom is 0.404 e. The van der Waals surface area contributed by atoms with E-state index in [-0.39, 0.29) is 0 Å². The summed E-state index contributed by atoms with van der Waals surface area (Å²) in [4.78, 5) is 24.1. The predicted octanol–water partition coefficient (Wildman–Crippen LogP) is 4.27. The van der Waals surface area contributed by atoms with Crippen molar-refractivity contribution >= 4 is 11.9 Å². The van der Waals surface area contributed by atoms with Gasteiger partial charge in [0.15, 0.2) is 12.0 Å². The second-order valence-electron chi connectivity index (χ2n) is 8.72. The van der Waals surface area contributed by atoms with Gasteiger partial charge >= 0.3 is 18.1 Å². The molecule has 0 aromatic carbocycles. The zero-order valence-corrected chi connectivity index (χ0v) is 15.5. The molecule has 0 aliphatic heterocycles. The Morgan fingerprint density at radius 3 is 1.96 bits per heavy atom. The lowest BCUT2D eigenvalue weighted by molar-refractivity contribution is -0.233. The van der Waals surface area contributed by atoms with E-state index in [1.165, 1.54) is 13.3 Å². The molecule has 4 nitrogen and oxygen atoms in total. The number of ether oxygens (including phenoxy) is 2. The number of rotatable bonds is 5. The molecule has 4 aliphatic rings. The molecular weight excluding hydrogens is 349 g/mol. The van der Waals surface area contributed by atoms with Crippen molar-refractivity contribution in [1.29, 1.82) is 0 Å². The zero-order valence-electron chi connectivity index (χ0n) is 15.5. The normalized spacial score (nSPS) is 37.9. The largest absolute Gasteiger partial charge is 0.456 e. The molecule has 4 fully saturated rings. The van der Waals surface area contributed by atoms with E-state index in [1.54, 1.807) is 0 Å². The molecule has 0 radical (unpaired) electrons. The van der Waals surface area contributed by atoms with Crippen molar-refractivity contribution in [2.75, 3.05) is 6.61 Å². The number of halogens is 3. The van der Waals surface area contributed by atoms with Gasteiger partial charge in [-0.2, -0.15) is 13.2 Å². The number of carbonyl (C=O) groups is 2. The summed E-state index contributed by atoms with van der Waals surface area (Å²) in [5.74, 6) is -0.170. The van der Waals surface area contributed by atoms with E-state index in [1.807, 2.05) is 6.92 Å². The standard InChI is InChI=1S/C19H27F3O4/c1-4-17(2,19(20,21)22)16(24)25-10-15(23)26-18(3)13-6-11-5-12(8-13)9-14(18)7-11/h11-14H,4-10H2,1-3H3. The fourth-order valence-corrected chi connectivity index (χ4v) is 5.31. The Hall–Kier alpha value is -1.27. The SMILES string of the molecule is CCC(C)(C(=O)OCC(=O)OC1(C)C2CC3CC(C2)CC1C3)C(F)(F)F. The summed E-state index contributed by atoms with van der Waals surface area (Å²) >= 11 is 0. The number of esters is 2. The molecule has 0 aromatic rings. The van der Waals surface area contributed by atoms with Gasteiger partial charge in [0.1, 0.15) is 5.60 Å². The van der Waals surface area contributed by atoms with Crippen LogP contribution in [0.2, 0.25) is 0 Å². The summed E-state index contributed by atoms with van der Waals surface area (Å²) in [5, 5.41) is 0. The van der Waals surface area contributed by atoms with Crippen LogP contribution in [-0.4, -0.2) is 30.3 Å². The number of alkyl halides is 3. The summed E-state index contributed by atoms with van der Waals surface area (Å²) in [6, 6.07) is 0. The van der Waals surface area contributed by atoms with Crippen LogP contribution in [0.25, 0.3) is 0 Å². The van der Waals surface area contributed by atoms with Crippen molar-refractivity contribution in [1.82, 2.24) is 0 Å². The zero-order chi connectivity index (χ0) is 19.3. The Kier molecular flexibility index (Phi) is 4.81. The van der Waals surface area contributed by atoms with Crippen LogP contribution in [0.1, 0.15) is 59.3 Å². The van der Waals surface area contributed by atoms with Gasteiger partial charge in [0.25, 0.3) is 0 Å². The molecule has 1 unspecified atom stereocenters. The molecule has 1 atom stereocenters. The molecule has 0 amide bonds. The van der Waals surface area contributed by atoms with Gasteiger partial charge in [-0.25, -0.2) is 4.79 Å². The Morgan fingerprint density at radius 1 is 1.04 bits per heavy atom. The highest BCUT2D eigenvalue weighted by molar-refractivity contribution is 5.81. The van der Waals surface area contributed by atoms with Crippen molar-refractivity contribution in [3.63, 3.8) is 0 Å². The third kappa shape index (κ3) is 3.11. The number of carbonyl (C=O) groups excluding carboxylic acids is 2. The molecule has 4 rings (SSSR count). The first kappa shape index (κ1) is 19.5. The van der Waals surface area contributed by atoms with Crippen molar-refractivity contribution < 1.29 is 32.2 Å². The molecule has 148 valence electrons. The van der Waals surface area contributed by atoms with E-state index in [0.29, 0.717) is 23.7 Å².